The Hall–Kier alpha value is -3.56. The Balaban J connectivity index is 1.74. The molecular formula is C23H22F3N3O4. The summed E-state index contributed by atoms with van der Waals surface area (Å²) in [6, 6.07) is 0.571. The van der Waals surface area contributed by atoms with Gasteiger partial charge in [-0.25, -0.2) is 13.2 Å². The molecule has 1 saturated heterocycles. The van der Waals surface area contributed by atoms with Gasteiger partial charge in [-0.15, -0.1) is 0 Å². The molecule has 4 rings (SSSR count). The molecule has 0 aliphatic carbocycles. The van der Waals surface area contributed by atoms with Crippen molar-refractivity contribution in [3.8, 4) is 5.75 Å². The summed E-state index contributed by atoms with van der Waals surface area (Å²) in [5, 5.41) is 2.28. The molecule has 174 valence electrons. The molecule has 33 heavy (non-hydrogen) atoms. The highest BCUT2D eigenvalue weighted by Crippen LogP contribution is 2.36. The highest BCUT2D eigenvalue weighted by Gasteiger charge is 2.40. The lowest BCUT2D eigenvalue weighted by Gasteiger charge is -2.37. The Morgan fingerprint density at radius 2 is 1.91 bits per heavy atom. The summed E-state index contributed by atoms with van der Waals surface area (Å²) in [7, 11) is 1.22. The molecule has 2 aliphatic rings. The average Bonchev–Trinajstić information content (AvgIpc) is 2.88. The van der Waals surface area contributed by atoms with Crippen LogP contribution < -0.4 is 15.5 Å². The van der Waals surface area contributed by atoms with Crippen LogP contribution >= 0.6 is 0 Å². The minimum atomic E-state index is -1.16. The summed E-state index contributed by atoms with van der Waals surface area (Å²) in [5.41, 5.74) is -0.865. The molecule has 7 nitrogen and oxygen atoms in total. The van der Waals surface area contributed by atoms with Crippen molar-refractivity contribution < 1.29 is 27.5 Å². The first-order chi connectivity index (χ1) is 15.6. The first-order valence-electron chi connectivity index (χ1n) is 10.4. The Morgan fingerprint density at radius 1 is 1.24 bits per heavy atom. The van der Waals surface area contributed by atoms with Gasteiger partial charge in [0.15, 0.2) is 11.4 Å². The molecule has 2 bridgehead atoms. The molecule has 1 aromatic carbocycles. The summed E-state index contributed by atoms with van der Waals surface area (Å²) in [4.78, 5) is 40.7. The molecule has 1 aromatic heterocycles. The Labute approximate surface area is 187 Å². The summed E-state index contributed by atoms with van der Waals surface area (Å²) in [5.74, 6) is -5.01. The van der Waals surface area contributed by atoms with Gasteiger partial charge < -0.3 is 19.5 Å². The number of nitrogens with zero attached hydrogens (tertiary/aromatic N) is 2. The normalized spacial score (nSPS) is 19.7. The number of aromatic nitrogens is 1. The number of amides is 2. The van der Waals surface area contributed by atoms with Crippen LogP contribution in [-0.4, -0.2) is 41.0 Å². The number of benzene rings is 1. The molecule has 0 spiro atoms. The third kappa shape index (κ3) is 3.79. The maximum Gasteiger partial charge on any atom is 0.274 e. The number of nitrogens with one attached hydrogen (secondary N) is 1. The standard InChI is InChI=1S/C23H22F3N3O4/c1-11-4-5-12(2)28-10-18(11)29-9-15(20(30)21(33-3)19(29)23(28)32)22(31)27-8-14-16(25)6-13(24)7-17(14)26/h6-7,9,12,18H,1,4-5,8,10H2,2-3H3,(H,27,31). The van der Waals surface area contributed by atoms with Gasteiger partial charge in [0.2, 0.25) is 5.43 Å². The molecule has 2 atom stereocenters. The number of pyridine rings is 1. The van der Waals surface area contributed by atoms with Crippen LogP contribution in [0.3, 0.4) is 0 Å². The van der Waals surface area contributed by atoms with Gasteiger partial charge in [-0.2, -0.15) is 0 Å². The maximum atomic E-state index is 13.9. The second kappa shape index (κ2) is 8.42. The lowest BCUT2D eigenvalue weighted by atomic mass is 10.0. The monoisotopic (exact) mass is 461 g/mol. The third-order valence-electron chi connectivity index (χ3n) is 6.23. The summed E-state index contributed by atoms with van der Waals surface area (Å²) in [6.45, 7) is 5.76. The van der Waals surface area contributed by atoms with Crippen molar-refractivity contribution in [1.29, 1.82) is 0 Å². The number of fused-ring (bicyclic) bond motifs is 4. The van der Waals surface area contributed by atoms with E-state index in [9.17, 15) is 27.6 Å². The van der Waals surface area contributed by atoms with Gasteiger partial charge in [0.1, 0.15) is 23.0 Å². The van der Waals surface area contributed by atoms with Crippen molar-refractivity contribution in [2.24, 2.45) is 0 Å². The third-order valence-corrected chi connectivity index (χ3v) is 6.23. The van der Waals surface area contributed by atoms with E-state index in [1.54, 1.807) is 4.90 Å². The zero-order valence-corrected chi connectivity index (χ0v) is 18.1. The largest absolute Gasteiger partial charge is 0.491 e. The van der Waals surface area contributed by atoms with E-state index < -0.39 is 40.9 Å². The molecule has 1 N–H and O–H groups in total. The van der Waals surface area contributed by atoms with Crippen molar-refractivity contribution in [1.82, 2.24) is 14.8 Å². The summed E-state index contributed by atoms with van der Waals surface area (Å²) < 4.78 is 47.7. The molecule has 0 radical (unpaired) electrons. The van der Waals surface area contributed by atoms with E-state index in [2.05, 4.69) is 11.9 Å². The van der Waals surface area contributed by atoms with Gasteiger partial charge in [0.05, 0.1) is 13.2 Å². The molecule has 10 heteroatoms. The molecule has 2 amide bonds. The van der Waals surface area contributed by atoms with Crippen molar-refractivity contribution in [3.63, 3.8) is 0 Å². The van der Waals surface area contributed by atoms with E-state index in [1.165, 1.54) is 17.9 Å². The van der Waals surface area contributed by atoms with Crippen LogP contribution in [0.4, 0.5) is 13.2 Å². The zero-order chi connectivity index (χ0) is 24.0. The van der Waals surface area contributed by atoms with E-state index >= 15 is 0 Å². The number of carbonyl (C=O) groups is 2. The van der Waals surface area contributed by atoms with Crippen LogP contribution in [0.25, 0.3) is 0 Å². The van der Waals surface area contributed by atoms with Crippen LogP contribution in [0.5, 0.6) is 5.75 Å². The summed E-state index contributed by atoms with van der Waals surface area (Å²) >= 11 is 0. The maximum absolute atomic E-state index is 13.9. The van der Waals surface area contributed by atoms with E-state index in [0.717, 1.165) is 5.57 Å². The van der Waals surface area contributed by atoms with Crippen LogP contribution in [-0.2, 0) is 6.54 Å². The van der Waals surface area contributed by atoms with Gasteiger partial charge in [0, 0.05) is 43.0 Å². The van der Waals surface area contributed by atoms with Crippen LogP contribution in [0.1, 0.15) is 52.2 Å². The smallest absolute Gasteiger partial charge is 0.274 e. The van der Waals surface area contributed by atoms with E-state index in [0.29, 0.717) is 31.5 Å². The fourth-order valence-electron chi connectivity index (χ4n) is 4.33. The van der Waals surface area contributed by atoms with Gasteiger partial charge in [-0.05, 0) is 19.8 Å². The minimum Gasteiger partial charge on any atom is -0.491 e. The number of ether oxygens (including phenoxy) is 1. The second-order valence-corrected chi connectivity index (χ2v) is 8.21. The molecule has 0 saturated carbocycles. The minimum absolute atomic E-state index is 0.0285. The highest BCUT2D eigenvalue weighted by molar-refractivity contribution is 5.99. The van der Waals surface area contributed by atoms with Crippen LogP contribution in [0.2, 0.25) is 0 Å². The van der Waals surface area contributed by atoms with Gasteiger partial charge >= 0.3 is 0 Å². The van der Waals surface area contributed by atoms with Crippen molar-refractivity contribution in [2.75, 3.05) is 13.7 Å². The van der Waals surface area contributed by atoms with Gasteiger partial charge in [0.25, 0.3) is 11.8 Å². The Morgan fingerprint density at radius 3 is 2.55 bits per heavy atom. The second-order valence-electron chi connectivity index (χ2n) is 8.21. The Kier molecular flexibility index (Phi) is 5.77. The van der Waals surface area contributed by atoms with Gasteiger partial charge in [-0.1, -0.05) is 12.2 Å². The number of methoxy groups -OCH3 is 1. The average molecular weight is 461 g/mol. The predicted molar refractivity (Wildman–Crippen MR) is 113 cm³/mol. The number of carbonyl (C=O) groups excluding carboxylic acids is 2. The number of hydrogen-bond donors (Lipinski definition) is 1. The topological polar surface area (TPSA) is 80.6 Å². The summed E-state index contributed by atoms with van der Waals surface area (Å²) in [6.07, 6.45) is 2.63. The first-order valence-corrected chi connectivity index (χ1v) is 10.4. The van der Waals surface area contributed by atoms with Crippen LogP contribution in [0, 0.1) is 17.5 Å². The van der Waals surface area contributed by atoms with E-state index in [1.807, 2.05) is 6.92 Å². The lowest BCUT2D eigenvalue weighted by molar-refractivity contribution is 0.0613. The zero-order valence-electron chi connectivity index (χ0n) is 18.1. The quantitative estimate of drug-likeness (QED) is 0.710. The van der Waals surface area contributed by atoms with Crippen molar-refractivity contribution >= 4 is 11.8 Å². The molecule has 2 aromatic rings. The SMILES string of the molecule is C=C1CCC(C)N2CC1n1cc(C(=O)NCc3c(F)cc(F)cc3F)c(=O)c(OC)c1C2=O. The molecule has 3 heterocycles. The van der Waals surface area contributed by atoms with Crippen molar-refractivity contribution in [2.45, 2.75) is 38.4 Å². The van der Waals surface area contributed by atoms with Gasteiger partial charge in [-0.3, -0.25) is 14.4 Å². The highest BCUT2D eigenvalue weighted by atomic mass is 19.1. The molecule has 1 fully saturated rings. The number of hydrogen-bond acceptors (Lipinski definition) is 4. The predicted octanol–water partition coefficient (Wildman–Crippen LogP) is 2.94. The molecular weight excluding hydrogens is 439 g/mol. The fraction of sp³-hybridized carbons (Fsp3) is 0.348. The molecule has 2 aliphatic heterocycles. The van der Waals surface area contributed by atoms with E-state index in [4.69, 9.17) is 4.74 Å². The molecule has 2 unspecified atom stereocenters. The fourth-order valence-corrected chi connectivity index (χ4v) is 4.33. The van der Waals surface area contributed by atoms with Crippen molar-refractivity contribution in [3.05, 3.63) is 75.0 Å². The number of rotatable bonds is 4. The number of halogens is 3. The lowest BCUT2D eigenvalue weighted by Crippen LogP contribution is -2.48. The van der Waals surface area contributed by atoms with Crippen LogP contribution in [0.15, 0.2) is 35.3 Å². The van der Waals surface area contributed by atoms with E-state index in [-0.39, 0.29) is 35.0 Å². The Bertz CT molecular complexity index is 1220. The first kappa shape index (κ1) is 22.6.